The number of hydrogen-bond acceptors (Lipinski definition) is 5. The molecule has 1 N–H and O–H groups in total. The Morgan fingerprint density at radius 1 is 1.19 bits per heavy atom. The molecule has 3 rings (SSSR count). The summed E-state index contributed by atoms with van der Waals surface area (Å²) in [7, 11) is 0. The van der Waals surface area contributed by atoms with Crippen molar-refractivity contribution in [2.24, 2.45) is 0 Å². The normalized spacial score (nSPS) is 10.6. The van der Waals surface area contributed by atoms with Crippen LogP contribution < -0.4 is 10.1 Å². The molecule has 1 aromatic heterocycles. The van der Waals surface area contributed by atoms with Crippen molar-refractivity contribution < 1.29 is 14.5 Å². The van der Waals surface area contributed by atoms with Gasteiger partial charge in [-0.2, -0.15) is 0 Å². The van der Waals surface area contributed by atoms with E-state index in [1.165, 1.54) is 24.3 Å². The number of fused-ring (bicyclic) bond motifs is 1. The Morgan fingerprint density at radius 2 is 1.96 bits per heavy atom. The van der Waals surface area contributed by atoms with Gasteiger partial charge < -0.3 is 14.6 Å². The average Bonchev–Trinajstić information content (AvgIpc) is 3.07. The first-order valence-electron chi connectivity index (χ1n) is 8.17. The van der Waals surface area contributed by atoms with Crippen LogP contribution in [0, 0.1) is 10.1 Å². The van der Waals surface area contributed by atoms with Gasteiger partial charge in [0.05, 0.1) is 22.3 Å². The molecule has 0 aliphatic heterocycles. The molecule has 1 amide bonds. The van der Waals surface area contributed by atoms with E-state index in [4.69, 9.17) is 4.74 Å². The van der Waals surface area contributed by atoms with Crippen LogP contribution in [0.2, 0.25) is 0 Å². The van der Waals surface area contributed by atoms with Crippen LogP contribution >= 0.6 is 0 Å². The fraction of sp³-hybridized carbons (Fsp3) is 0.222. The molecule has 2 aromatic carbocycles. The largest absolute Gasteiger partial charge is 0.484 e. The van der Waals surface area contributed by atoms with E-state index in [0.717, 1.165) is 24.0 Å². The van der Waals surface area contributed by atoms with Crippen LogP contribution in [0.3, 0.4) is 0 Å². The number of carbonyl (C=O) groups is 1. The number of ether oxygens (including phenoxy) is 1. The molecule has 3 aromatic rings. The topological polar surface area (TPSA) is 99.3 Å². The van der Waals surface area contributed by atoms with E-state index in [9.17, 15) is 14.9 Å². The van der Waals surface area contributed by atoms with Gasteiger partial charge in [-0.3, -0.25) is 14.9 Å². The molecule has 0 aliphatic carbocycles. The number of aryl methyl sites for hydroxylation is 1. The number of rotatable bonds is 8. The predicted octanol–water partition coefficient (Wildman–Crippen LogP) is 2.53. The van der Waals surface area contributed by atoms with Gasteiger partial charge in [-0.1, -0.05) is 12.1 Å². The smallest absolute Gasteiger partial charge is 0.269 e. The quantitative estimate of drug-likeness (QED) is 0.381. The summed E-state index contributed by atoms with van der Waals surface area (Å²) in [5.41, 5.74) is 2.00. The molecule has 0 saturated heterocycles. The number of para-hydroxylation sites is 2. The second-order valence-electron chi connectivity index (χ2n) is 5.67. The van der Waals surface area contributed by atoms with Gasteiger partial charge in [0.15, 0.2) is 6.61 Å². The number of nitro groups is 1. The lowest BCUT2D eigenvalue weighted by atomic mass is 10.3. The molecule has 0 spiro atoms. The Hall–Kier alpha value is -3.42. The van der Waals surface area contributed by atoms with Crippen LogP contribution in [0.25, 0.3) is 11.0 Å². The van der Waals surface area contributed by atoms with Crippen molar-refractivity contribution in [1.29, 1.82) is 0 Å². The standard InChI is InChI=1S/C18H18N4O4/c23-18(12-26-15-8-6-14(7-9-15)22(24)25)19-10-3-11-21-13-20-16-4-1-2-5-17(16)21/h1-2,4-9,13H,3,10-12H2,(H,19,23). The second kappa shape index (κ2) is 8.11. The van der Waals surface area contributed by atoms with Gasteiger partial charge in [0, 0.05) is 25.2 Å². The third-order valence-electron chi connectivity index (χ3n) is 3.84. The highest BCUT2D eigenvalue weighted by Gasteiger charge is 2.07. The van der Waals surface area contributed by atoms with Crippen molar-refractivity contribution in [3.63, 3.8) is 0 Å². The third kappa shape index (κ3) is 4.35. The van der Waals surface area contributed by atoms with Crippen molar-refractivity contribution >= 4 is 22.6 Å². The predicted molar refractivity (Wildman–Crippen MR) is 96.0 cm³/mol. The first kappa shape index (κ1) is 17.4. The zero-order valence-corrected chi connectivity index (χ0v) is 14.0. The molecule has 0 bridgehead atoms. The molecule has 0 unspecified atom stereocenters. The first-order chi connectivity index (χ1) is 12.6. The maximum absolute atomic E-state index is 11.8. The number of aromatic nitrogens is 2. The molecule has 0 radical (unpaired) electrons. The van der Waals surface area contributed by atoms with Crippen LogP contribution in [0.4, 0.5) is 5.69 Å². The minimum absolute atomic E-state index is 0.0196. The summed E-state index contributed by atoms with van der Waals surface area (Å²) in [5.74, 6) is 0.175. The van der Waals surface area contributed by atoms with E-state index in [-0.39, 0.29) is 18.2 Å². The molecule has 8 nitrogen and oxygen atoms in total. The third-order valence-corrected chi connectivity index (χ3v) is 3.84. The molecule has 0 atom stereocenters. The van der Waals surface area contributed by atoms with Crippen molar-refractivity contribution in [2.45, 2.75) is 13.0 Å². The van der Waals surface area contributed by atoms with E-state index >= 15 is 0 Å². The van der Waals surface area contributed by atoms with Crippen LogP contribution in [0.1, 0.15) is 6.42 Å². The molecule has 0 aliphatic rings. The van der Waals surface area contributed by atoms with Crippen LogP contribution in [0.5, 0.6) is 5.75 Å². The van der Waals surface area contributed by atoms with Gasteiger partial charge in [-0.15, -0.1) is 0 Å². The fourth-order valence-corrected chi connectivity index (χ4v) is 2.53. The van der Waals surface area contributed by atoms with E-state index in [0.29, 0.717) is 12.3 Å². The Morgan fingerprint density at radius 3 is 2.73 bits per heavy atom. The van der Waals surface area contributed by atoms with Gasteiger partial charge >= 0.3 is 0 Å². The number of benzene rings is 2. The molecular formula is C18H18N4O4. The van der Waals surface area contributed by atoms with E-state index in [2.05, 4.69) is 14.9 Å². The lowest BCUT2D eigenvalue weighted by Gasteiger charge is -2.08. The van der Waals surface area contributed by atoms with E-state index in [1.807, 2.05) is 24.3 Å². The van der Waals surface area contributed by atoms with Crippen molar-refractivity contribution in [3.05, 3.63) is 65.0 Å². The summed E-state index contributed by atoms with van der Waals surface area (Å²) in [6, 6.07) is 13.5. The number of amides is 1. The Balaban J connectivity index is 1.38. The molecule has 0 saturated carbocycles. The second-order valence-corrected chi connectivity index (χ2v) is 5.67. The minimum atomic E-state index is -0.486. The SMILES string of the molecule is O=C(COc1ccc([N+](=O)[O-])cc1)NCCCn1cnc2ccccc21. The Kier molecular flexibility index (Phi) is 5.43. The summed E-state index contributed by atoms with van der Waals surface area (Å²) < 4.78 is 7.36. The van der Waals surface area contributed by atoms with E-state index in [1.54, 1.807) is 6.33 Å². The van der Waals surface area contributed by atoms with Crippen LogP contribution in [-0.2, 0) is 11.3 Å². The maximum Gasteiger partial charge on any atom is 0.269 e. The summed E-state index contributed by atoms with van der Waals surface area (Å²) >= 11 is 0. The van der Waals surface area contributed by atoms with Gasteiger partial charge in [-0.25, -0.2) is 4.98 Å². The lowest BCUT2D eigenvalue weighted by Crippen LogP contribution is -2.30. The number of carbonyl (C=O) groups excluding carboxylic acids is 1. The summed E-state index contributed by atoms with van der Waals surface area (Å²) in [4.78, 5) is 26.2. The molecular weight excluding hydrogens is 336 g/mol. The number of nitrogens with zero attached hydrogens (tertiary/aromatic N) is 3. The fourth-order valence-electron chi connectivity index (χ4n) is 2.53. The number of non-ortho nitro benzene ring substituents is 1. The molecule has 26 heavy (non-hydrogen) atoms. The van der Waals surface area contributed by atoms with E-state index < -0.39 is 4.92 Å². The van der Waals surface area contributed by atoms with Crippen molar-refractivity contribution in [1.82, 2.24) is 14.9 Å². The van der Waals surface area contributed by atoms with Gasteiger partial charge in [0.2, 0.25) is 0 Å². The highest BCUT2D eigenvalue weighted by Crippen LogP contribution is 2.17. The highest BCUT2D eigenvalue weighted by atomic mass is 16.6. The van der Waals surface area contributed by atoms with Gasteiger partial charge in [0.1, 0.15) is 5.75 Å². The Bertz CT molecular complexity index is 905. The minimum Gasteiger partial charge on any atom is -0.484 e. The van der Waals surface area contributed by atoms with Gasteiger partial charge in [0.25, 0.3) is 11.6 Å². The number of hydrogen-bond donors (Lipinski definition) is 1. The monoisotopic (exact) mass is 354 g/mol. The summed E-state index contributed by atoms with van der Waals surface area (Å²) in [6.07, 6.45) is 2.56. The molecule has 1 heterocycles. The number of imidazole rings is 1. The molecule has 0 fully saturated rings. The summed E-state index contributed by atoms with van der Waals surface area (Å²) in [6.45, 7) is 1.14. The number of nitro benzene ring substituents is 1. The van der Waals surface area contributed by atoms with Crippen LogP contribution in [0.15, 0.2) is 54.9 Å². The van der Waals surface area contributed by atoms with Crippen molar-refractivity contribution in [3.8, 4) is 5.75 Å². The number of nitrogens with one attached hydrogen (secondary N) is 1. The first-order valence-corrected chi connectivity index (χ1v) is 8.17. The van der Waals surface area contributed by atoms with Gasteiger partial charge in [-0.05, 0) is 30.7 Å². The zero-order chi connectivity index (χ0) is 18.4. The lowest BCUT2D eigenvalue weighted by molar-refractivity contribution is -0.384. The molecule has 134 valence electrons. The zero-order valence-electron chi connectivity index (χ0n) is 14.0. The molecule has 8 heteroatoms. The van der Waals surface area contributed by atoms with Crippen LogP contribution in [-0.4, -0.2) is 33.5 Å². The highest BCUT2D eigenvalue weighted by molar-refractivity contribution is 5.77. The maximum atomic E-state index is 11.8. The average molecular weight is 354 g/mol. The Labute approximate surface area is 149 Å². The summed E-state index contributed by atoms with van der Waals surface area (Å²) in [5, 5.41) is 13.4. The van der Waals surface area contributed by atoms with Crippen molar-refractivity contribution in [2.75, 3.05) is 13.2 Å².